The molecule has 2 saturated carbocycles. The number of carbonyl (C=O) groups excluding carboxylic acids is 1. The fourth-order valence-corrected chi connectivity index (χ4v) is 3.39. The van der Waals surface area contributed by atoms with Crippen molar-refractivity contribution >= 4 is 5.78 Å². The molecule has 1 nitrogen and oxygen atoms in total. The molecule has 2 fully saturated rings. The van der Waals surface area contributed by atoms with Crippen LogP contribution in [0.4, 0.5) is 4.39 Å². The van der Waals surface area contributed by atoms with Crippen LogP contribution in [0.5, 0.6) is 0 Å². The summed E-state index contributed by atoms with van der Waals surface area (Å²) in [6, 6.07) is 4.82. The molecular weight excluding hydrogens is 215 g/mol. The normalized spacial score (nSPS) is 30.8. The molecule has 0 saturated heterocycles. The Hall–Kier alpha value is -1.18. The molecule has 90 valence electrons. The Morgan fingerprint density at radius 3 is 2.53 bits per heavy atom. The van der Waals surface area contributed by atoms with Gasteiger partial charge in [-0.3, -0.25) is 4.79 Å². The summed E-state index contributed by atoms with van der Waals surface area (Å²) in [6.07, 6.45) is 4.80. The minimum atomic E-state index is -0.357. The van der Waals surface area contributed by atoms with Gasteiger partial charge in [-0.2, -0.15) is 0 Å². The minimum absolute atomic E-state index is 0.0445. The number of benzene rings is 1. The maximum absolute atomic E-state index is 13.7. The summed E-state index contributed by atoms with van der Waals surface area (Å²) in [7, 11) is 0. The molecule has 0 radical (unpaired) electrons. The van der Waals surface area contributed by atoms with Gasteiger partial charge < -0.3 is 0 Å². The first kappa shape index (κ1) is 10.9. The maximum Gasteiger partial charge on any atom is 0.169 e. The standard InChI is InChI=1S/C15H17FO/c1-9-6-7-13(16)12(8-9)15(17)14-10-4-2-3-5-11(10)14/h6-8,10-11,14H,2-5H2,1H3. The lowest BCUT2D eigenvalue weighted by Gasteiger charge is -2.04. The van der Waals surface area contributed by atoms with E-state index in [1.165, 1.54) is 18.9 Å². The Labute approximate surface area is 101 Å². The molecule has 0 amide bonds. The van der Waals surface area contributed by atoms with Crippen molar-refractivity contribution in [2.24, 2.45) is 17.8 Å². The van der Waals surface area contributed by atoms with Crippen LogP contribution in [0.2, 0.25) is 0 Å². The second-order valence-electron chi connectivity index (χ2n) is 5.49. The number of rotatable bonds is 2. The van der Waals surface area contributed by atoms with Crippen LogP contribution < -0.4 is 0 Å². The molecule has 0 aromatic heterocycles. The molecule has 1 aromatic rings. The van der Waals surface area contributed by atoms with E-state index in [0.717, 1.165) is 18.4 Å². The Kier molecular flexibility index (Phi) is 2.53. The molecule has 1 aromatic carbocycles. The van der Waals surface area contributed by atoms with E-state index in [-0.39, 0.29) is 17.5 Å². The zero-order chi connectivity index (χ0) is 12.0. The van der Waals surface area contributed by atoms with Crippen LogP contribution in [0, 0.1) is 30.5 Å². The van der Waals surface area contributed by atoms with Crippen molar-refractivity contribution in [3.05, 3.63) is 35.1 Å². The molecule has 0 heterocycles. The second kappa shape index (κ2) is 3.94. The number of carbonyl (C=O) groups is 1. The lowest BCUT2D eigenvalue weighted by atomic mass is 10.0. The van der Waals surface area contributed by atoms with Crippen LogP contribution in [0.3, 0.4) is 0 Å². The number of aryl methyl sites for hydroxylation is 1. The summed E-state index contributed by atoms with van der Waals surface area (Å²) in [6.45, 7) is 1.90. The number of halogens is 1. The molecule has 0 aliphatic heterocycles. The number of hydrogen-bond donors (Lipinski definition) is 0. The third-order valence-corrected chi connectivity index (χ3v) is 4.35. The molecule has 0 N–H and O–H groups in total. The van der Waals surface area contributed by atoms with Crippen molar-refractivity contribution in [1.29, 1.82) is 0 Å². The van der Waals surface area contributed by atoms with E-state index in [9.17, 15) is 9.18 Å². The van der Waals surface area contributed by atoms with Crippen LogP contribution in [0.25, 0.3) is 0 Å². The monoisotopic (exact) mass is 232 g/mol. The van der Waals surface area contributed by atoms with E-state index in [0.29, 0.717) is 17.4 Å². The topological polar surface area (TPSA) is 17.1 Å². The van der Waals surface area contributed by atoms with Gasteiger partial charge in [0.1, 0.15) is 5.82 Å². The SMILES string of the molecule is Cc1ccc(F)c(C(=O)C2C3CCCCC32)c1. The van der Waals surface area contributed by atoms with E-state index < -0.39 is 0 Å². The molecule has 17 heavy (non-hydrogen) atoms. The van der Waals surface area contributed by atoms with Gasteiger partial charge in [-0.05, 0) is 43.7 Å². The lowest BCUT2D eigenvalue weighted by Crippen LogP contribution is -2.07. The summed E-state index contributed by atoms with van der Waals surface area (Å²) in [4.78, 5) is 12.3. The first-order chi connectivity index (χ1) is 8.18. The summed E-state index contributed by atoms with van der Waals surface area (Å²) in [5.41, 5.74) is 1.27. The van der Waals surface area contributed by atoms with Crippen LogP contribution in [-0.2, 0) is 0 Å². The van der Waals surface area contributed by atoms with Crippen molar-refractivity contribution in [3.63, 3.8) is 0 Å². The lowest BCUT2D eigenvalue weighted by molar-refractivity contribution is 0.0952. The molecule has 2 atom stereocenters. The molecule has 2 unspecified atom stereocenters. The quantitative estimate of drug-likeness (QED) is 0.710. The highest BCUT2D eigenvalue weighted by Gasteiger charge is 2.54. The molecule has 0 bridgehead atoms. The summed E-state index contributed by atoms with van der Waals surface area (Å²) >= 11 is 0. The highest BCUT2D eigenvalue weighted by molar-refractivity contribution is 6.00. The minimum Gasteiger partial charge on any atom is -0.294 e. The largest absolute Gasteiger partial charge is 0.294 e. The second-order valence-corrected chi connectivity index (χ2v) is 5.49. The van der Waals surface area contributed by atoms with Gasteiger partial charge in [-0.1, -0.05) is 24.5 Å². The summed E-state index contributed by atoms with van der Waals surface area (Å²) in [5, 5.41) is 0. The number of ketones is 1. The van der Waals surface area contributed by atoms with Crippen molar-refractivity contribution < 1.29 is 9.18 Å². The smallest absolute Gasteiger partial charge is 0.169 e. The van der Waals surface area contributed by atoms with E-state index in [1.54, 1.807) is 12.1 Å². The molecule has 0 spiro atoms. The van der Waals surface area contributed by atoms with Crippen molar-refractivity contribution in [1.82, 2.24) is 0 Å². The van der Waals surface area contributed by atoms with Crippen LogP contribution in [-0.4, -0.2) is 5.78 Å². The molecule has 3 rings (SSSR count). The average Bonchev–Trinajstić information content (AvgIpc) is 3.05. The molecule has 2 aliphatic rings. The molecule has 2 heteroatoms. The Bertz CT molecular complexity index is 454. The first-order valence-corrected chi connectivity index (χ1v) is 6.49. The Morgan fingerprint density at radius 2 is 1.88 bits per heavy atom. The average molecular weight is 232 g/mol. The predicted octanol–water partition coefficient (Wildman–Crippen LogP) is 3.75. The van der Waals surface area contributed by atoms with Gasteiger partial charge >= 0.3 is 0 Å². The zero-order valence-electron chi connectivity index (χ0n) is 10.1. The van der Waals surface area contributed by atoms with Crippen LogP contribution in [0.1, 0.15) is 41.6 Å². The Morgan fingerprint density at radius 1 is 1.24 bits per heavy atom. The van der Waals surface area contributed by atoms with E-state index in [2.05, 4.69) is 0 Å². The highest BCUT2D eigenvalue weighted by atomic mass is 19.1. The van der Waals surface area contributed by atoms with Gasteiger partial charge in [-0.25, -0.2) is 4.39 Å². The van der Waals surface area contributed by atoms with Gasteiger partial charge in [0.25, 0.3) is 0 Å². The van der Waals surface area contributed by atoms with Gasteiger partial charge in [0.15, 0.2) is 5.78 Å². The van der Waals surface area contributed by atoms with Crippen molar-refractivity contribution in [2.45, 2.75) is 32.6 Å². The summed E-state index contributed by atoms with van der Waals surface area (Å²) < 4.78 is 13.7. The van der Waals surface area contributed by atoms with E-state index in [4.69, 9.17) is 0 Å². The van der Waals surface area contributed by atoms with Crippen molar-refractivity contribution in [3.8, 4) is 0 Å². The van der Waals surface area contributed by atoms with E-state index >= 15 is 0 Å². The first-order valence-electron chi connectivity index (χ1n) is 6.49. The molecular formula is C15H17FO. The summed E-state index contributed by atoms with van der Waals surface area (Å²) in [5.74, 6) is 0.911. The number of Topliss-reactive ketones (excluding diaryl/α,β-unsaturated/α-hetero) is 1. The number of fused-ring (bicyclic) bond motifs is 1. The zero-order valence-corrected chi connectivity index (χ0v) is 10.1. The van der Waals surface area contributed by atoms with Crippen LogP contribution >= 0.6 is 0 Å². The van der Waals surface area contributed by atoms with E-state index in [1.807, 2.05) is 6.92 Å². The van der Waals surface area contributed by atoms with Crippen molar-refractivity contribution in [2.75, 3.05) is 0 Å². The van der Waals surface area contributed by atoms with Gasteiger partial charge in [-0.15, -0.1) is 0 Å². The fourth-order valence-electron chi connectivity index (χ4n) is 3.39. The van der Waals surface area contributed by atoms with Gasteiger partial charge in [0, 0.05) is 5.92 Å². The van der Waals surface area contributed by atoms with Crippen LogP contribution in [0.15, 0.2) is 18.2 Å². The third kappa shape index (κ3) is 1.80. The number of hydrogen-bond acceptors (Lipinski definition) is 1. The van der Waals surface area contributed by atoms with Gasteiger partial charge in [0.2, 0.25) is 0 Å². The molecule has 2 aliphatic carbocycles. The Balaban J connectivity index is 1.85. The third-order valence-electron chi connectivity index (χ3n) is 4.35. The predicted molar refractivity (Wildman–Crippen MR) is 64.4 cm³/mol. The maximum atomic E-state index is 13.7. The highest BCUT2D eigenvalue weighted by Crippen LogP contribution is 2.56. The fraction of sp³-hybridized carbons (Fsp3) is 0.533. The van der Waals surface area contributed by atoms with Gasteiger partial charge in [0.05, 0.1) is 5.56 Å².